The number of nitrogens with zero attached hydrogens (tertiary/aromatic N) is 2. The normalized spacial score (nSPS) is 11.9. The maximum Gasteiger partial charge on any atom is 0.214 e. The van der Waals surface area contributed by atoms with Gasteiger partial charge in [0, 0.05) is 13.2 Å². The van der Waals surface area contributed by atoms with E-state index in [0.717, 1.165) is 25.2 Å². The van der Waals surface area contributed by atoms with Crippen LogP contribution < -0.4 is 5.32 Å². The zero-order valence-corrected chi connectivity index (χ0v) is 12.5. The number of sulfonamides is 1. The van der Waals surface area contributed by atoms with Crippen molar-refractivity contribution in [3.8, 4) is 0 Å². The summed E-state index contributed by atoms with van der Waals surface area (Å²) in [5.41, 5.74) is 0.765. The van der Waals surface area contributed by atoms with Crippen LogP contribution in [-0.4, -0.2) is 43.6 Å². The molecule has 1 heterocycles. The molecule has 6 heteroatoms. The fraction of sp³-hybridized carbons (Fsp3) is 0.615. The average Bonchev–Trinajstić information content (AvgIpc) is 2.39. The van der Waals surface area contributed by atoms with E-state index in [2.05, 4.69) is 10.3 Å². The van der Waals surface area contributed by atoms with Crippen LogP contribution in [0.3, 0.4) is 0 Å². The van der Waals surface area contributed by atoms with Crippen molar-refractivity contribution in [2.45, 2.75) is 26.3 Å². The van der Waals surface area contributed by atoms with E-state index in [9.17, 15) is 8.42 Å². The Balaban J connectivity index is 2.39. The summed E-state index contributed by atoms with van der Waals surface area (Å²) in [4.78, 5) is 4.14. The zero-order chi connectivity index (χ0) is 14.1. The van der Waals surface area contributed by atoms with Crippen LogP contribution in [0.2, 0.25) is 0 Å². The minimum Gasteiger partial charge on any atom is -0.317 e. The van der Waals surface area contributed by atoms with Gasteiger partial charge in [-0.1, -0.05) is 13.0 Å². The van der Waals surface area contributed by atoms with Crippen LogP contribution in [0.1, 0.15) is 25.5 Å². The summed E-state index contributed by atoms with van der Waals surface area (Å²) in [6, 6.07) is 5.51. The van der Waals surface area contributed by atoms with Gasteiger partial charge in [0.05, 0.1) is 18.0 Å². The van der Waals surface area contributed by atoms with E-state index >= 15 is 0 Å². The fourth-order valence-corrected chi connectivity index (χ4v) is 2.89. The van der Waals surface area contributed by atoms with Crippen LogP contribution in [0.15, 0.2) is 24.4 Å². The molecule has 19 heavy (non-hydrogen) atoms. The van der Waals surface area contributed by atoms with Gasteiger partial charge in [0.2, 0.25) is 10.0 Å². The van der Waals surface area contributed by atoms with E-state index in [-0.39, 0.29) is 5.75 Å². The molecule has 0 aliphatic heterocycles. The van der Waals surface area contributed by atoms with E-state index < -0.39 is 10.0 Å². The first-order valence-corrected chi connectivity index (χ1v) is 8.22. The van der Waals surface area contributed by atoms with Crippen molar-refractivity contribution in [2.24, 2.45) is 0 Å². The molecule has 0 saturated heterocycles. The van der Waals surface area contributed by atoms with E-state index in [4.69, 9.17) is 0 Å². The van der Waals surface area contributed by atoms with Gasteiger partial charge in [0.25, 0.3) is 0 Å². The molecule has 0 aliphatic carbocycles. The lowest BCUT2D eigenvalue weighted by Gasteiger charge is -2.16. The number of rotatable bonds is 9. The Morgan fingerprint density at radius 2 is 2.11 bits per heavy atom. The van der Waals surface area contributed by atoms with E-state index in [1.807, 2.05) is 25.1 Å². The zero-order valence-electron chi connectivity index (χ0n) is 11.7. The summed E-state index contributed by atoms with van der Waals surface area (Å²) in [5.74, 6) is 0.196. The molecule has 108 valence electrons. The third-order valence-corrected chi connectivity index (χ3v) is 4.72. The molecule has 0 aliphatic rings. The van der Waals surface area contributed by atoms with Crippen molar-refractivity contribution in [3.05, 3.63) is 30.1 Å². The molecule has 0 spiro atoms. The quantitative estimate of drug-likeness (QED) is 0.693. The van der Waals surface area contributed by atoms with Gasteiger partial charge in [0.15, 0.2) is 0 Å². The number of aromatic nitrogens is 1. The van der Waals surface area contributed by atoms with Crippen LogP contribution >= 0.6 is 0 Å². The van der Waals surface area contributed by atoms with Crippen LogP contribution in [0.25, 0.3) is 0 Å². The predicted molar refractivity (Wildman–Crippen MR) is 77.3 cm³/mol. The largest absolute Gasteiger partial charge is 0.317 e. The minimum atomic E-state index is -3.18. The molecule has 0 unspecified atom stereocenters. The molecule has 1 rings (SSSR count). The Morgan fingerprint density at radius 3 is 2.74 bits per heavy atom. The maximum absolute atomic E-state index is 12.0. The number of unbranched alkanes of at least 4 members (excludes halogenated alkanes) is 1. The van der Waals surface area contributed by atoms with Gasteiger partial charge in [0.1, 0.15) is 0 Å². The van der Waals surface area contributed by atoms with Gasteiger partial charge in [-0.2, -0.15) is 4.31 Å². The second-order valence-electron chi connectivity index (χ2n) is 4.45. The Bertz CT molecular complexity index is 448. The highest BCUT2D eigenvalue weighted by Gasteiger charge is 2.17. The highest BCUT2D eigenvalue weighted by atomic mass is 32.2. The second-order valence-corrected chi connectivity index (χ2v) is 6.65. The topological polar surface area (TPSA) is 62.3 Å². The molecule has 5 nitrogen and oxygen atoms in total. The molecule has 0 fully saturated rings. The van der Waals surface area contributed by atoms with Gasteiger partial charge >= 0.3 is 0 Å². The fourth-order valence-electron chi connectivity index (χ4n) is 1.69. The summed E-state index contributed by atoms with van der Waals surface area (Å²) in [6.45, 7) is 4.16. The Hall–Kier alpha value is -0.980. The van der Waals surface area contributed by atoms with Crippen LogP contribution in [0.4, 0.5) is 0 Å². The van der Waals surface area contributed by atoms with Crippen molar-refractivity contribution in [3.63, 3.8) is 0 Å². The highest BCUT2D eigenvalue weighted by Crippen LogP contribution is 2.07. The number of hydrogen-bond acceptors (Lipinski definition) is 4. The molecule has 1 aromatic heterocycles. The molecular weight excluding hydrogens is 262 g/mol. The lowest BCUT2D eigenvalue weighted by Crippen LogP contribution is -2.29. The summed E-state index contributed by atoms with van der Waals surface area (Å²) >= 11 is 0. The van der Waals surface area contributed by atoms with Crippen molar-refractivity contribution >= 4 is 10.0 Å². The first-order chi connectivity index (χ1) is 9.06. The molecule has 1 N–H and O–H groups in total. The number of nitrogens with one attached hydrogen (secondary N) is 1. The van der Waals surface area contributed by atoms with Gasteiger partial charge in [-0.3, -0.25) is 4.98 Å². The molecule has 0 saturated carbocycles. The molecule has 0 aromatic carbocycles. The van der Waals surface area contributed by atoms with Crippen molar-refractivity contribution in [1.29, 1.82) is 0 Å². The highest BCUT2D eigenvalue weighted by molar-refractivity contribution is 7.89. The SMILES string of the molecule is CCNCCCCS(=O)(=O)N(C)Cc1ccccn1. The Kier molecular flexibility index (Phi) is 6.97. The average molecular weight is 285 g/mol. The molecular formula is C13H23N3O2S. The van der Waals surface area contributed by atoms with E-state index in [1.165, 1.54) is 4.31 Å². The monoisotopic (exact) mass is 285 g/mol. The van der Waals surface area contributed by atoms with Gasteiger partial charge in [-0.15, -0.1) is 0 Å². The van der Waals surface area contributed by atoms with Crippen molar-refractivity contribution in [1.82, 2.24) is 14.6 Å². The molecule has 0 amide bonds. The summed E-state index contributed by atoms with van der Waals surface area (Å²) in [7, 11) is -1.57. The Morgan fingerprint density at radius 1 is 1.32 bits per heavy atom. The number of pyridine rings is 1. The van der Waals surface area contributed by atoms with Gasteiger partial charge < -0.3 is 5.32 Å². The van der Waals surface area contributed by atoms with Crippen molar-refractivity contribution < 1.29 is 8.42 Å². The van der Waals surface area contributed by atoms with E-state index in [1.54, 1.807) is 13.2 Å². The first kappa shape index (κ1) is 16.1. The molecule has 0 bridgehead atoms. The summed E-state index contributed by atoms with van der Waals surface area (Å²) in [6.07, 6.45) is 3.23. The van der Waals surface area contributed by atoms with Crippen LogP contribution in [0.5, 0.6) is 0 Å². The second kappa shape index (κ2) is 8.24. The predicted octanol–water partition coefficient (Wildman–Crippen LogP) is 1.23. The Labute approximate surface area is 116 Å². The maximum atomic E-state index is 12.0. The standard InChI is InChI=1S/C13H23N3O2S/c1-3-14-9-6-7-11-19(17,18)16(2)12-13-8-4-5-10-15-13/h4-5,8,10,14H,3,6-7,9,11-12H2,1-2H3. The van der Waals surface area contributed by atoms with Crippen molar-refractivity contribution in [2.75, 3.05) is 25.9 Å². The van der Waals surface area contributed by atoms with Crippen LogP contribution in [0, 0.1) is 0 Å². The first-order valence-electron chi connectivity index (χ1n) is 6.61. The van der Waals surface area contributed by atoms with E-state index in [0.29, 0.717) is 13.0 Å². The molecule has 0 atom stereocenters. The summed E-state index contributed by atoms with van der Waals surface area (Å²) < 4.78 is 25.5. The number of hydrogen-bond donors (Lipinski definition) is 1. The van der Waals surface area contributed by atoms with Crippen LogP contribution in [-0.2, 0) is 16.6 Å². The minimum absolute atomic E-state index is 0.196. The lowest BCUT2D eigenvalue weighted by molar-refractivity contribution is 0.460. The van der Waals surface area contributed by atoms with Gasteiger partial charge in [-0.25, -0.2) is 8.42 Å². The third kappa shape index (κ3) is 6.13. The lowest BCUT2D eigenvalue weighted by atomic mass is 10.3. The van der Waals surface area contributed by atoms with Gasteiger partial charge in [-0.05, 0) is 38.1 Å². The summed E-state index contributed by atoms with van der Waals surface area (Å²) in [5, 5.41) is 3.19. The molecule has 1 aromatic rings. The third-order valence-electron chi connectivity index (χ3n) is 2.84. The molecule has 0 radical (unpaired) electrons. The smallest absolute Gasteiger partial charge is 0.214 e.